The van der Waals surface area contributed by atoms with E-state index in [0.717, 1.165) is 11.3 Å². The smallest absolute Gasteiger partial charge is 0.119 e. The van der Waals surface area contributed by atoms with Gasteiger partial charge in [-0.25, -0.2) is 0 Å². The van der Waals surface area contributed by atoms with Gasteiger partial charge in [-0.1, -0.05) is 30.3 Å². The number of thiophene rings is 1. The van der Waals surface area contributed by atoms with Gasteiger partial charge in [0.1, 0.15) is 5.75 Å². The summed E-state index contributed by atoms with van der Waals surface area (Å²) in [6.07, 6.45) is 0. The second kappa shape index (κ2) is 5.86. The standard InChI is InChI=1S/C17H15ClOS/c1-2-19-13-9-7-12(8-10-13)17(18)15-11-20-16-6-4-3-5-14(15)16/h3-11,17H,2H2,1H3. The fourth-order valence-electron chi connectivity index (χ4n) is 2.27. The van der Waals surface area contributed by atoms with Gasteiger partial charge >= 0.3 is 0 Å². The molecule has 3 heteroatoms. The molecule has 0 spiro atoms. The minimum Gasteiger partial charge on any atom is -0.494 e. The maximum Gasteiger partial charge on any atom is 0.119 e. The second-order valence-corrected chi connectivity index (χ2v) is 5.90. The van der Waals surface area contributed by atoms with E-state index in [0.29, 0.717) is 6.61 Å². The number of hydrogen-bond donors (Lipinski definition) is 0. The van der Waals surface area contributed by atoms with Crippen LogP contribution in [0, 0.1) is 0 Å². The summed E-state index contributed by atoms with van der Waals surface area (Å²) in [7, 11) is 0. The van der Waals surface area contributed by atoms with Crippen molar-refractivity contribution in [3.8, 4) is 5.75 Å². The monoisotopic (exact) mass is 302 g/mol. The van der Waals surface area contributed by atoms with Gasteiger partial charge in [-0.05, 0) is 47.0 Å². The van der Waals surface area contributed by atoms with Crippen molar-refractivity contribution in [1.29, 1.82) is 0 Å². The van der Waals surface area contributed by atoms with Gasteiger partial charge in [0.2, 0.25) is 0 Å². The molecule has 1 nitrogen and oxygen atoms in total. The van der Waals surface area contributed by atoms with Crippen LogP contribution in [0.1, 0.15) is 23.4 Å². The largest absolute Gasteiger partial charge is 0.494 e. The third-order valence-electron chi connectivity index (χ3n) is 3.27. The minimum atomic E-state index is -0.123. The lowest BCUT2D eigenvalue weighted by Crippen LogP contribution is -1.94. The number of fused-ring (bicyclic) bond motifs is 1. The van der Waals surface area contributed by atoms with Crippen LogP contribution in [0.15, 0.2) is 53.9 Å². The number of halogens is 1. The Morgan fingerprint density at radius 2 is 1.85 bits per heavy atom. The first-order chi connectivity index (χ1) is 9.79. The van der Waals surface area contributed by atoms with E-state index in [2.05, 4.69) is 29.6 Å². The molecule has 0 saturated heterocycles. The van der Waals surface area contributed by atoms with Crippen molar-refractivity contribution in [1.82, 2.24) is 0 Å². The molecule has 0 fully saturated rings. The lowest BCUT2D eigenvalue weighted by molar-refractivity contribution is 0.340. The van der Waals surface area contributed by atoms with Crippen molar-refractivity contribution >= 4 is 33.0 Å². The first-order valence-corrected chi connectivity index (χ1v) is 7.94. The molecule has 2 aromatic carbocycles. The lowest BCUT2D eigenvalue weighted by atomic mass is 10.0. The summed E-state index contributed by atoms with van der Waals surface area (Å²) in [5, 5.41) is 3.27. The Bertz CT molecular complexity index is 702. The zero-order chi connectivity index (χ0) is 13.9. The molecule has 1 aromatic heterocycles. The van der Waals surface area contributed by atoms with E-state index >= 15 is 0 Å². The van der Waals surface area contributed by atoms with Crippen LogP contribution in [-0.4, -0.2) is 6.61 Å². The first kappa shape index (κ1) is 13.5. The molecule has 0 aliphatic heterocycles. The molecular formula is C17H15ClOS. The quantitative estimate of drug-likeness (QED) is 0.568. The summed E-state index contributed by atoms with van der Waals surface area (Å²) < 4.78 is 6.74. The molecule has 20 heavy (non-hydrogen) atoms. The Balaban J connectivity index is 1.93. The van der Waals surface area contributed by atoms with E-state index in [-0.39, 0.29) is 5.38 Å². The molecule has 3 rings (SSSR count). The van der Waals surface area contributed by atoms with Gasteiger partial charge in [0.25, 0.3) is 0 Å². The van der Waals surface area contributed by atoms with Crippen LogP contribution in [0.5, 0.6) is 5.75 Å². The van der Waals surface area contributed by atoms with Crippen LogP contribution in [0.4, 0.5) is 0 Å². The topological polar surface area (TPSA) is 9.23 Å². The maximum atomic E-state index is 6.65. The molecular weight excluding hydrogens is 288 g/mol. The third kappa shape index (κ3) is 2.54. The summed E-state index contributed by atoms with van der Waals surface area (Å²) in [5.41, 5.74) is 2.27. The molecule has 0 amide bonds. The Hall–Kier alpha value is -1.51. The molecule has 0 N–H and O–H groups in total. The van der Waals surface area contributed by atoms with E-state index in [1.807, 2.05) is 31.2 Å². The van der Waals surface area contributed by atoms with Crippen LogP contribution < -0.4 is 4.74 Å². The Morgan fingerprint density at radius 1 is 1.10 bits per heavy atom. The zero-order valence-corrected chi connectivity index (χ0v) is 12.7. The van der Waals surface area contributed by atoms with E-state index in [9.17, 15) is 0 Å². The predicted octanol–water partition coefficient (Wildman–Crippen LogP) is 5.63. The third-order valence-corrected chi connectivity index (χ3v) is 4.74. The van der Waals surface area contributed by atoms with Gasteiger partial charge in [-0.15, -0.1) is 22.9 Å². The van der Waals surface area contributed by atoms with Crippen molar-refractivity contribution in [2.45, 2.75) is 12.3 Å². The number of hydrogen-bond acceptors (Lipinski definition) is 2. The van der Waals surface area contributed by atoms with Gasteiger partial charge in [0.15, 0.2) is 0 Å². The van der Waals surface area contributed by atoms with E-state index in [1.165, 1.54) is 15.6 Å². The van der Waals surface area contributed by atoms with E-state index in [1.54, 1.807) is 11.3 Å². The molecule has 1 unspecified atom stereocenters. The van der Waals surface area contributed by atoms with Crippen molar-refractivity contribution in [3.05, 3.63) is 65.0 Å². The van der Waals surface area contributed by atoms with Crippen molar-refractivity contribution < 1.29 is 4.74 Å². The number of benzene rings is 2. The van der Waals surface area contributed by atoms with Crippen LogP contribution in [0.3, 0.4) is 0 Å². The zero-order valence-electron chi connectivity index (χ0n) is 11.2. The lowest BCUT2D eigenvalue weighted by Gasteiger charge is -2.10. The Labute approximate surface area is 127 Å². The van der Waals surface area contributed by atoms with E-state index < -0.39 is 0 Å². The summed E-state index contributed by atoms with van der Waals surface area (Å²) in [6, 6.07) is 16.4. The van der Waals surface area contributed by atoms with E-state index in [4.69, 9.17) is 16.3 Å². The number of alkyl halides is 1. The fourth-order valence-corrected chi connectivity index (χ4v) is 3.66. The number of rotatable bonds is 4. The van der Waals surface area contributed by atoms with Crippen LogP contribution >= 0.6 is 22.9 Å². The molecule has 3 aromatic rings. The van der Waals surface area contributed by atoms with Gasteiger partial charge in [-0.2, -0.15) is 0 Å². The van der Waals surface area contributed by atoms with Crippen molar-refractivity contribution in [2.75, 3.05) is 6.61 Å². The minimum absolute atomic E-state index is 0.123. The van der Waals surface area contributed by atoms with Gasteiger partial charge in [0.05, 0.1) is 12.0 Å². The highest BCUT2D eigenvalue weighted by atomic mass is 35.5. The van der Waals surface area contributed by atoms with Crippen LogP contribution in [0.2, 0.25) is 0 Å². The van der Waals surface area contributed by atoms with Gasteiger partial charge in [-0.3, -0.25) is 0 Å². The van der Waals surface area contributed by atoms with Crippen molar-refractivity contribution in [3.63, 3.8) is 0 Å². The average molecular weight is 303 g/mol. The molecule has 1 atom stereocenters. The van der Waals surface area contributed by atoms with Crippen LogP contribution in [-0.2, 0) is 0 Å². The van der Waals surface area contributed by atoms with Gasteiger partial charge in [0, 0.05) is 4.70 Å². The Kier molecular flexibility index (Phi) is 3.95. The van der Waals surface area contributed by atoms with Crippen LogP contribution in [0.25, 0.3) is 10.1 Å². The average Bonchev–Trinajstić information content (AvgIpc) is 2.92. The molecule has 102 valence electrons. The highest BCUT2D eigenvalue weighted by Crippen LogP contribution is 2.37. The number of ether oxygens (including phenoxy) is 1. The normalized spacial score (nSPS) is 12.5. The molecule has 0 radical (unpaired) electrons. The van der Waals surface area contributed by atoms with Crippen molar-refractivity contribution in [2.24, 2.45) is 0 Å². The summed E-state index contributed by atoms with van der Waals surface area (Å²) in [6.45, 7) is 2.66. The highest BCUT2D eigenvalue weighted by molar-refractivity contribution is 7.17. The summed E-state index contributed by atoms with van der Waals surface area (Å²) >= 11 is 8.39. The second-order valence-electron chi connectivity index (χ2n) is 4.55. The molecule has 0 bridgehead atoms. The molecule has 0 aliphatic carbocycles. The SMILES string of the molecule is CCOc1ccc(C(Cl)c2csc3ccccc23)cc1. The molecule has 1 heterocycles. The first-order valence-electron chi connectivity index (χ1n) is 6.62. The van der Waals surface area contributed by atoms with Gasteiger partial charge < -0.3 is 4.74 Å². The predicted molar refractivity (Wildman–Crippen MR) is 87.1 cm³/mol. The molecule has 0 saturated carbocycles. The molecule has 0 aliphatic rings. The Morgan fingerprint density at radius 3 is 2.60 bits per heavy atom. The fraction of sp³-hybridized carbons (Fsp3) is 0.176. The maximum absolute atomic E-state index is 6.65. The summed E-state index contributed by atoms with van der Waals surface area (Å²) in [5.74, 6) is 0.885. The summed E-state index contributed by atoms with van der Waals surface area (Å²) in [4.78, 5) is 0. The highest BCUT2D eigenvalue weighted by Gasteiger charge is 2.15.